The van der Waals surface area contributed by atoms with E-state index in [1.807, 2.05) is 0 Å². The molecule has 1 rings (SSSR count). The summed E-state index contributed by atoms with van der Waals surface area (Å²) in [7, 11) is 0. The molecule has 2 unspecified atom stereocenters. The van der Waals surface area contributed by atoms with Crippen LogP contribution in [0.3, 0.4) is 0 Å². The first-order valence-corrected chi connectivity index (χ1v) is 4.35. The fraction of sp³-hybridized carbons (Fsp3) is 1.00. The molecule has 60 valence electrons. The summed E-state index contributed by atoms with van der Waals surface area (Å²) in [6, 6.07) is 0. The van der Waals surface area contributed by atoms with Crippen LogP contribution in [0.1, 0.15) is 40.0 Å². The lowest BCUT2D eigenvalue weighted by Gasteiger charge is -2.52. The van der Waals surface area contributed by atoms with E-state index in [4.69, 9.17) is 0 Å². The summed E-state index contributed by atoms with van der Waals surface area (Å²) in [6.45, 7) is 6.62. The Morgan fingerprint density at radius 1 is 1.40 bits per heavy atom. The Kier molecular flexibility index (Phi) is 2.04. The Hall–Kier alpha value is -0.0400. The van der Waals surface area contributed by atoms with E-state index in [9.17, 15) is 5.11 Å². The van der Waals surface area contributed by atoms with Crippen LogP contribution in [0.4, 0.5) is 0 Å². The van der Waals surface area contributed by atoms with Gasteiger partial charge in [0.2, 0.25) is 0 Å². The third kappa shape index (κ3) is 0.800. The lowest BCUT2D eigenvalue weighted by atomic mass is 9.56. The third-order valence-electron chi connectivity index (χ3n) is 3.54. The second-order valence-electron chi connectivity index (χ2n) is 3.59. The SMILES string of the molecule is CCC1(CC)C(C)CC1O. The van der Waals surface area contributed by atoms with Gasteiger partial charge in [-0.2, -0.15) is 0 Å². The average molecular weight is 142 g/mol. The first-order chi connectivity index (χ1) is 4.67. The number of hydrogen-bond acceptors (Lipinski definition) is 1. The Balaban J connectivity index is 2.61. The van der Waals surface area contributed by atoms with E-state index in [1.54, 1.807) is 0 Å². The van der Waals surface area contributed by atoms with E-state index >= 15 is 0 Å². The summed E-state index contributed by atoms with van der Waals surface area (Å²) in [5.41, 5.74) is 0.278. The van der Waals surface area contributed by atoms with Crippen molar-refractivity contribution < 1.29 is 5.11 Å². The predicted molar refractivity (Wildman–Crippen MR) is 42.8 cm³/mol. The van der Waals surface area contributed by atoms with Crippen molar-refractivity contribution in [1.29, 1.82) is 0 Å². The van der Waals surface area contributed by atoms with Crippen molar-refractivity contribution in [3.63, 3.8) is 0 Å². The Labute approximate surface area is 63.4 Å². The third-order valence-corrected chi connectivity index (χ3v) is 3.54. The van der Waals surface area contributed by atoms with Gasteiger partial charge in [-0.15, -0.1) is 0 Å². The van der Waals surface area contributed by atoms with Crippen LogP contribution < -0.4 is 0 Å². The zero-order valence-corrected chi connectivity index (χ0v) is 7.22. The summed E-state index contributed by atoms with van der Waals surface area (Å²) in [6.07, 6.45) is 3.26. The van der Waals surface area contributed by atoms with Crippen molar-refractivity contribution >= 4 is 0 Å². The van der Waals surface area contributed by atoms with Gasteiger partial charge in [-0.3, -0.25) is 0 Å². The van der Waals surface area contributed by atoms with Gasteiger partial charge in [0.1, 0.15) is 0 Å². The van der Waals surface area contributed by atoms with Crippen molar-refractivity contribution in [2.24, 2.45) is 11.3 Å². The first-order valence-electron chi connectivity index (χ1n) is 4.35. The molecule has 1 aliphatic carbocycles. The zero-order valence-electron chi connectivity index (χ0n) is 7.22. The summed E-state index contributed by atoms with van der Waals surface area (Å²) >= 11 is 0. The lowest BCUT2D eigenvalue weighted by molar-refractivity contribution is -0.120. The minimum Gasteiger partial charge on any atom is -0.393 e. The van der Waals surface area contributed by atoms with Crippen molar-refractivity contribution in [2.45, 2.75) is 46.1 Å². The molecule has 1 N–H and O–H groups in total. The molecule has 0 aromatic carbocycles. The molecule has 2 atom stereocenters. The highest BCUT2D eigenvalue weighted by atomic mass is 16.3. The molecule has 1 saturated carbocycles. The largest absolute Gasteiger partial charge is 0.393 e. The number of rotatable bonds is 2. The van der Waals surface area contributed by atoms with Gasteiger partial charge in [-0.1, -0.05) is 20.8 Å². The van der Waals surface area contributed by atoms with Crippen molar-refractivity contribution in [1.82, 2.24) is 0 Å². The minimum atomic E-state index is -0.0162. The monoisotopic (exact) mass is 142 g/mol. The van der Waals surface area contributed by atoms with Gasteiger partial charge in [-0.25, -0.2) is 0 Å². The molecule has 1 aliphatic rings. The smallest absolute Gasteiger partial charge is 0.0601 e. The molecule has 1 fully saturated rings. The van der Waals surface area contributed by atoms with Crippen LogP contribution >= 0.6 is 0 Å². The highest BCUT2D eigenvalue weighted by Crippen LogP contribution is 2.51. The fourth-order valence-electron chi connectivity index (χ4n) is 2.39. The normalized spacial score (nSPS) is 37.2. The molecule has 10 heavy (non-hydrogen) atoms. The van der Waals surface area contributed by atoms with Gasteiger partial charge < -0.3 is 5.11 Å². The summed E-state index contributed by atoms with van der Waals surface area (Å²) in [5, 5.41) is 9.53. The standard InChI is InChI=1S/C9H18O/c1-4-9(5-2)7(3)6-8(9)10/h7-8,10H,4-6H2,1-3H3. The highest BCUT2D eigenvalue weighted by Gasteiger charge is 2.48. The summed E-state index contributed by atoms with van der Waals surface area (Å²) < 4.78 is 0. The van der Waals surface area contributed by atoms with Gasteiger partial charge in [0.25, 0.3) is 0 Å². The van der Waals surface area contributed by atoms with E-state index in [-0.39, 0.29) is 11.5 Å². The molecule has 0 aliphatic heterocycles. The van der Waals surface area contributed by atoms with Crippen LogP contribution in [0.5, 0.6) is 0 Å². The van der Waals surface area contributed by atoms with Gasteiger partial charge in [0, 0.05) is 0 Å². The van der Waals surface area contributed by atoms with Crippen molar-refractivity contribution in [3.8, 4) is 0 Å². The van der Waals surface area contributed by atoms with Crippen LogP contribution in [0.15, 0.2) is 0 Å². The van der Waals surface area contributed by atoms with Crippen LogP contribution in [0.2, 0.25) is 0 Å². The maximum absolute atomic E-state index is 9.53. The maximum atomic E-state index is 9.53. The molecule has 0 amide bonds. The number of hydrogen-bond donors (Lipinski definition) is 1. The Bertz CT molecular complexity index is 106. The maximum Gasteiger partial charge on any atom is 0.0601 e. The Morgan fingerprint density at radius 2 is 1.90 bits per heavy atom. The van der Waals surface area contributed by atoms with E-state index in [0.717, 1.165) is 25.2 Å². The van der Waals surface area contributed by atoms with Crippen molar-refractivity contribution in [3.05, 3.63) is 0 Å². The quantitative estimate of drug-likeness (QED) is 0.626. The van der Waals surface area contributed by atoms with Crippen molar-refractivity contribution in [2.75, 3.05) is 0 Å². The van der Waals surface area contributed by atoms with Gasteiger partial charge in [0.05, 0.1) is 6.10 Å². The fourth-order valence-corrected chi connectivity index (χ4v) is 2.39. The molecule has 1 heteroatoms. The van der Waals surface area contributed by atoms with Gasteiger partial charge >= 0.3 is 0 Å². The minimum absolute atomic E-state index is 0.0162. The van der Waals surface area contributed by atoms with E-state index < -0.39 is 0 Å². The van der Waals surface area contributed by atoms with Gasteiger partial charge in [-0.05, 0) is 30.6 Å². The second kappa shape index (κ2) is 2.54. The molecule has 0 radical (unpaired) electrons. The molecule has 0 spiro atoms. The Morgan fingerprint density at radius 3 is 2.00 bits per heavy atom. The summed E-state index contributed by atoms with van der Waals surface area (Å²) in [5.74, 6) is 0.734. The van der Waals surface area contributed by atoms with E-state index in [0.29, 0.717) is 0 Å². The van der Waals surface area contributed by atoms with E-state index in [2.05, 4.69) is 20.8 Å². The molecule has 0 saturated heterocycles. The van der Waals surface area contributed by atoms with Crippen LogP contribution in [0.25, 0.3) is 0 Å². The summed E-state index contributed by atoms with van der Waals surface area (Å²) in [4.78, 5) is 0. The molecule has 0 aromatic rings. The first kappa shape index (κ1) is 8.06. The zero-order chi connectivity index (χ0) is 7.78. The van der Waals surface area contributed by atoms with Crippen LogP contribution in [-0.2, 0) is 0 Å². The van der Waals surface area contributed by atoms with Gasteiger partial charge in [0.15, 0.2) is 0 Å². The average Bonchev–Trinajstić information content (AvgIpc) is 1.91. The van der Waals surface area contributed by atoms with E-state index in [1.165, 1.54) is 0 Å². The molecule has 0 aromatic heterocycles. The molecular weight excluding hydrogens is 124 g/mol. The molecule has 0 heterocycles. The predicted octanol–water partition coefficient (Wildman–Crippen LogP) is 2.19. The molecule has 0 bridgehead atoms. The van der Waals surface area contributed by atoms with Crippen LogP contribution in [0, 0.1) is 11.3 Å². The highest BCUT2D eigenvalue weighted by molar-refractivity contribution is 4.98. The topological polar surface area (TPSA) is 20.2 Å². The van der Waals surface area contributed by atoms with Crippen LogP contribution in [-0.4, -0.2) is 11.2 Å². The molecular formula is C9H18O. The number of aliphatic hydroxyl groups is 1. The number of aliphatic hydroxyl groups excluding tert-OH is 1. The second-order valence-corrected chi connectivity index (χ2v) is 3.59. The lowest BCUT2D eigenvalue weighted by Crippen LogP contribution is -2.51. The molecule has 1 nitrogen and oxygen atoms in total.